The summed E-state index contributed by atoms with van der Waals surface area (Å²) >= 11 is 0. The Kier molecular flexibility index (Phi) is 3.96. The lowest BCUT2D eigenvalue weighted by Gasteiger charge is -1.98. The van der Waals surface area contributed by atoms with E-state index in [9.17, 15) is 9.59 Å². The summed E-state index contributed by atoms with van der Waals surface area (Å²) in [6.45, 7) is 0. The molecule has 0 saturated heterocycles. The summed E-state index contributed by atoms with van der Waals surface area (Å²) in [4.78, 5) is 22.7. The number of rotatable bonds is 4. The molecule has 0 unspecified atom stereocenters. The van der Waals surface area contributed by atoms with Crippen molar-refractivity contribution >= 4 is 17.8 Å². The largest absolute Gasteiger partial charge is 0.508 e. The van der Waals surface area contributed by atoms with Crippen molar-refractivity contribution < 1.29 is 19.8 Å². The van der Waals surface area contributed by atoms with E-state index in [0.717, 1.165) is 0 Å². The fraction of sp³-hybridized carbons (Fsp3) is 0. The summed E-state index contributed by atoms with van der Waals surface area (Å²) in [5.41, 5.74) is 1.26. The lowest BCUT2D eigenvalue weighted by molar-refractivity contribution is 0.0696. The number of carbonyl (C=O) groups excluding carboxylic acids is 1. The van der Waals surface area contributed by atoms with E-state index in [4.69, 9.17) is 10.2 Å². The number of carboxylic acid groups (broad SMARTS) is 1. The van der Waals surface area contributed by atoms with Gasteiger partial charge in [-0.25, -0.2) is 4.79 Å². The fourth-order valence-electron chi connectivity index (χ4n) is 1.67. The summed E-state index contributed by atoms with van der Waals surface area (Å²) in [7, 11) is 0. The van der Waals surface area contributed by atoms with Crippen LogP contribution in [0.3, 0.4) is 0 Å². The van der Waals surface area contributed by atoms with Crippen molar-refractivity contribution in [2.75, 3.05) is 0 Å². The number of ketones is 1. The second-order valence-corrected chi connectivity index (χ2v) is 4.18. The minimum Gasteiger partial charge on any atom is -0.508 e. The molecule has 0 amide bonds. The van der Waals surface area contributed by atoms with Gasteiger partial charge in [-0.05, 0) is 48.0 Å². The van der Waals surface area contributed by atoms with Gasteiger partial charge in [0.25, 0.3) is 0 Å². The molecule has 0 saturated carbocycles. The Morgan fingerprint density at radius 1 is 0.950 bits per heavy atom. The smallest absolute Gasteiger partial charge is 0.335 e. The molecule has 4 nitrogen and oxygen atoms in total. The van der Waals surface area contributed by atoms with Crippen LogP contribution in [-0.4, -0.2) is 22.0 Å². The van der Waals surface area contributed by atoms with Crippen molar-refractivity contribution in [3.05, 3.63) is 71.3 Å². The topological polar surface area (TPSA) is 74.6 Å². The Hall–Kier alpha value is -2.88. The molecule has 0 aromatic heterocycles. The average molecular weight is 268 g/mol. The Labute approximate surface area is 115 Å². The molecule has 2 aromatic rings. The molecular formula is C16H12O4. The highest BCUT2D eigenvalue weighted by atomic mass is 16.4. The maximum Gasteiger partial charge on any atom is 0.335 e. The molecule has 20 heavy (non-hydrogen) atoms. The molecule has 0 spiro atoms. The monoisotopic (exact) mass is 268 g/mol. The molecule has 0 aliphatic rings. The third-order valence-electron chi connectivity index (χ3n) is 2.71. The lowest BCUT2D eigenvalue weighted by Crippen LogP contribution is -1.96. The van der Waals surface area contributed by atoms with Crippen LogP contribution >= 0.6 is 0 Å². The van der Waals surface area contributed by atoms with Gasteiger partial charge in [-0.2, -0.15) is 0 Å². The molecule has 0 bridgehead atoms. The zero-order valence-corrected chi connectivity index (χ0v) is 10.5. The average Bonchev–Trinajstić information content (AvgIpc) is 2.46. The van der Waals surface area contributed by atoms with E-state index in [1.165, 1.54) is 42.5 Å². The van der Waals surface area contributed by atoms with Gasteiger partial charge in [0.15, 0.2) is 5.78 Å². The lowest BCUT2D eigenvalue weighted by atomic mass is 10.1. The number of phenolic OH excluding ortho intramolecular Hbond substituents is 1. The first-order chi connectivity index (χ1) is 9.56. The van der Waals surface area contributed by atoms with Crippen molar-refractivity contribution in [3.63, 3.8) is 0 Å². The van der Waals surface area contributed by atoms with Crippen LogP contribution in [0.2, 0.25) is 0 Å². The zero-order valence-electron chi connectivity index (χ0n) is 10.5. The third kappa shape index (κ3) is 3.32. The summed E-state index contributed by atoms with van der Waals surface area (Å²) < 4.78 is 0. The number of carboxylic acids is 1. The second kappa shape index (κ2) is 5.84. The highest BCUT2D eigenvalue weighted by Gasteiger charge is 2.03. The minimum absolute atomic E-state index is 0.0969. The van der Waals surface area contributed by atoms with Crippen molar-refractivity contribution in [2.24, 2.45) is 0 Å². The zero-order chi connectivity index (χ0) is 14.5. The van der Waals surface area contributed by atoms with Crippen molar-refractivity contribution in [3.8, 4) is 5.75 Å². The first kappa shape index (κ1) is 13.5. The molecule has 2 N–H and O–H groups in total. The van der Waals surface area contributed by atoms with Crippen LogP contribution in [0.1, 0.15) is 26.3 Å². The van der Waals surface area contributed by atoms with E-state index in [-0.39, 0.29) is 17.1 Å². The van der Waals surface area contributed by atoms with E-state index in [2.05, 4.69) is 0 Å². The summed E-state index contributed by atoms with van der Waals surface area (Å²) in [5, 5.41) is 18.0. The highest BCUT2D eigenvalue weighted by molar-refractivity contribution is 6.06. The fourth-order valence-corrected chi connectivity index (χ4v) is 1.67. The number of carbonyl (C=O) groups is 2. The van der Waals surface area contributed by atoms with Gasteiger partial charge in [0, 0.05) is 5.56 Å². The normalized spacial score (nSPS) is 10.6. The van der Waals surface area contributed by atoms with Gasteiger partial charge in [0.05, 0.1) is 5.56 Å². The van der Waals surface area contributed by atoms with E-state index < -0.39 is 5.97 Å². The molecular weight excluding hydrogens is 256 g/mol. The molecule has 0 radical (unpaired) electrons. The first-order valence-corrected chi connectivity index (χ1v) is 5.91. The molecule has 2 aromatic carbocycles. The van der Waals surface area contributed by atoms with E-state index in [1.54, 1.807) is 18.2 Å². The number of benzene rings is 2. The van der Waals surface area contributed by atoms with E-state index >= 15 is 0 Å². The maximum absolute atomic E-state index is 11.9. The van der Waals surface area contributed by atoms with Crippen LogP contribution in [0.25, 0.3) is 6.08 Å². The number of allylic oxidation sites excluding steroid dienone is 1. The first-order valence-electron chi connectivity index (χ1n) is 5.91. The highest BCUT2D eigenvalue weighted by Crippen LogP contribution is 2.12. The molecule has 0 aliphatic heterocycles. The predicted octanol–water partition coefficient (Wildman–Crippen LogP) is 2.99. The molecule has 0 heterocycles. The predicted molar refractivity (Wildman–Crippen MR) is 74.9 cm³/mol. The Morgan fingerprint density at radius 3 is 2.30 bits per heavy atom. The van der Waals surface area contributed by atoms with Crippen LogP contribution in [0.15, 0.2) is 54.6 Å². The standard InChI is InChI=1S/C16H12O4/c17-14-7-5-12(6-8-14)15(18)9-4-11-2-1-3-13(10-11)16(19)20/h1-10,17H,(H,19,20)/b9-4+. The Balaban J connectivity index is 2.16. The molecule has 0 aliphatic carbocycles. The quantitative estimate of drug-likeness (QED) is 0.660. The SMILES string of the molecule is O=C(O)c1cccc(/C=C/C(=O)c2ccc(O)cc2)c1. The van der Waals surface area contributed by atoms with Crippen molar-refractivity contribution in [2.45, 2.75) is 0 Å². The van der Waals surface area contributed by atoms with Crippen LogP contribution in [0.4, 0.5) is 0 Å². The number of hydrogen-bond acceptors (Lipinski definition) is 3. The van der Waals surface area contributed by atoms with Crippen LogP contribution in [-0.2, 0) is 0 Å². The van der Waals surface area contributed by atoms with Crippen molar-refractivity contribution in [1.82, 2.24) is 0 Å². The minimum atomic E-state index is -1.01. The number of hydrogen-bond donors (Lipinski definition) is 2. The van der Waals surface area contributed by atoms with Crippen LogP contribution < -0.4 is 0 Å². The van der Waals surface area contributed by atoms with Crippen LogP contribution in [0.5, 0.6) is 5.75 Å². The summed E-state index contributed by atoms with van der Waals surface area (Å²) in [6, 6.07) is 12.2. The van der Waals surface area contributed by atoms with Gasteiger partial charge in [-0.15, -0.1) is 0 Å². The van der Waals surface area contributed by atoms with E-state index in [0.29, 0.717) is 11.1 Å². The van der Waals surface area contributed by atoms with Gasteiger partial charge < -0.3 is 10.2 Å². The number of phenols is 1. The van der Waals surface area contributed by atoms with Gasteiger partial charge >= 0.3 is 5.97 Å². The molecule has 100 valence electrons. The van der Waals surface area contributed by atoms with Crippen molar-refractivity contribution in [1.29, 1.82) is 0 Å². The van der Waals surface area contributed by atoms with Gasteiger partial charge in [0.1, 0.15) is 5.75 Å². The summed E-state index contributed by atoms with van der Waals surface area (Å²) in [6.07, 6.45) is 2.93. The number of aromatic hydroxyl groups is 1. The molecule has 2 rings (SSSR count). The molecule has 0 fully saturated rings. The molecule has 0 atom stereocenters. The van der Waals surface area contributed by atoms with Gasteiger partial charge in [-0.3, -0.25) is 4.79 Å². The maximum atomic E-state index is 11.9. The molecule has 4 heteroatoms. The van der Waals surface area contributed by atoms with Gasteiger partial charge in [-0.1, -0.05) is 18.2 Å². The summed E-state index contributed by atoms with van der Waals surface area (Å²) in [5.74, 6) is -1.13. The third-order valence-corrected chi connectivity index (χ3v) is 2.71. The van der Waals surface area contributed by atoms with Crippen LogP contribution in [0, 0.1) is 0 Å². The van der Waals surface area contributed by atoms with E-state index in [1.807, 2.05) is 0 Å². The Bertz CT molecular complexity index is 669. The van der Waals surface area contributed by atoms with Gasteiger partial charge in [0.2, 0.25) is 0 Å². The second-order valence-electron chi connectivity index (χ2n) is 4.18. The Morgan fingerprint density at radius 2 is 1.65 bits per heavy atom. The number of aromatic carboxylic acids is 1.